The summed E-state index contributed by atoms with van der Waals surface area (Å²) in [6.07, 6.45) is 3.52. The van der Waals surface area contributed by atoms with Gasteiger partial charge in [0.25, 0.3) is 17.4 Å². The number of carbonyl (C=O) groups is 2. The second-order valence-corrected chi connectivity index (χ2v) is 6.54. The molecule has 0 saturated heterocycles. The van der Waals surface area contributed by atoms with Gasteiger partial charge in [-0.2, -0.15) is 5.10 Å². The molecule has 0 spiro atoms. The Bertz CT molecular complexity index is 1010. The Morgan fingerprint density at radius 1 is 1.22 bits per heavy atom. The van der Waals surface area contributed by atoms with Crippen LogP contribution in [0.5, 0.6) is 5.75 Å². The van der Waals surface area contributed by atoms with E-state index < -0.39 is 17.4 Å². The number of amides is 2. The maximum absolute atomic E-state index is 12.8. The zero-order chi connectivity index (χ0) is 19.0. The van der Waals surface area contributed by atoms with Gasteiger partial charge in [0.05, 0.1) is 11.4 Å². The third kappa shape index (κ3) is 3.03. The summed E-state index contributed by atoms with van der Waals surface area (Å²) in [4.78, 5) is 25.3. The number of rotatable bonds is 3. The Morgan fingerprint density at radius 3 is 2.70 bits per heavy atom. The molecule has 4 rings (SSSR count). The third-order valence-electron chi connectivity index (χ3n) is 4.46. The van der Waals surface area contributed by atoms with Gasteiger partial charge in [0, 0.05) is 18.1 Å². The number of hydrogen-bond donors (Lipinski definition) is 2. The summed E-state index contributed by atoms with van der Waals surface area (Å²) in [5, 5.41) is 9.65. The molecule has 1 aromatic heterocycles. The van der Waals surface area contributed by atoms with Crippen molar-refractivity contribution in [2.75, 3.05) is 10.6 Å². The van der Waals surface area contributed by atoms with Crippen LogP contribution >= 0.6 is 0 Å². The summed E-state index contributed by atoms with van der Waals surface area (Å²) in [6, 6.07) is 14.4. The van der Waals surface area contributed by atoms with Gasteiger partial charge in [0.15, 0.2) is 0 Å². The second-order valence-electron chi connectivity index (χ2n) is 6.54. The van der Waals surface area contributed by atoms with Gasteiger partial charge >= 0.3 is 0 Å². The highest BCUT2D eigenvalue weighted by Crippen LogP contribution is 2.34. The Labute approximate surface area is 156 Å². The van der Waals surface area contributed by atoms with Crippen LogP contribution in [-0.4, -0.2) is 27.2 Å². The summed E-state index contributed by atoms with van der Waals surface area (Å²) < 4.78 is 7.48. The van der Waals surface area contributed by atoms with Crippen molar-refractivity contribution in [2.45, 2.75) is 19.4 Å². The highest BCUT2D eigenvalue weighted by Gasteiger charge is 2.47. The molecule has 1 atom stereocenters. The minimum Gasteiger partial charge on any atom is -0.466 e. The molecule has 27 heavy (non-hydrogen) atoms. The topological polar surface area (TPSA) is 85.3 Å². The van der Waals surface area contributed by atoms with Crippen LogP contribution in [0.15, 0.2) is 60.9 Å². The van der Waals surface area contributed by atoms with Crippen LogP contribution in [0, 0.1) is 6.92 Å². The zero-order valence-electron chi connectivity index (χ0n) is 14.9. The van der Waals surface area contributed by atoms with Crippen molar-refractivity contribution in [2.24, 2.45) is 0 Å². The van der Waals surface area contributed by atoms with Crippen LogP contribution < -0.4 is 15.4 Å². The van der Waals surface area contributed by atoms with E-state index in [2.05, 4.69) is 15.7 Å². The summed E-state index contributed by atoms with van der Waals surface area (Å²) in [5.74, 6) is -0.587. The predicted octanol–water partition coefficient (Wildman–Crippen LogP) is 2.91. The molecule has 1 unspecified atom stereocenters. The lowest BCUT2D eigenvalue weighted by molar-refractivity contribution is -0.143. The number of benzene rings is 2. The molecule has 2 aromatic carbocycles. The lowest BCUT2D eigenvalue weighted by atomic mass is 10.0. The van der Waals surface area contributed by atoms with E-state index >= 15 is 0 Å². The number of carbonyl (C=O) groups excluding carboxylic acids is 2. The molecule has 2 N–H and O–H groups in total. The lowest BCUT2D eigenvalue weighted by Gasteiger charge is -2.33. The Hall–Kier alpha value is -3.61. The quantitative estimate of drug-likeness (QED) is 0.702. The molecular weight excluding hydrogens is 344 g/mol. The van der Waals surface area contributed by atoms with Gasteiger partial charge in [-0.05, 0) is 61.9 Å². The third-order valence-corrected chi connectivity index (χ3v) is 4.46. The van der Waals surface area contributed by atoms with E-state index in [1.807, 2.05) is 37.4 Å². The number of ether oxygens (including phenoxy) is 1. The lowest BCUT2D eigenvalue weighted by Crippen LogP contribution is -2.56. The molecule has 7 nitrogen and oxygen atoms in total. The molecule has 7 heteroatoms. The molecular formula is C20H18N4O3. The summed E-state index contributed by atoms with van der Waals surface area (Å²) in [5.41, 5.74) is 1.31. The highest BCUT2D eigenvalue weighted by atomic mass is 16.5. The van der Waals surface area contributed by atoms with Crippen LogP contribution in [0.2, 0.25) is 0 Å². The summed E-state index contributed by atoms with van der Waals surface area (Å²) in [6.45, 7) is 3.37. The number of aryl methyl sites for hydroxylation is 1. The Balaban J connectivity index is 1.53. The van der Waals surface area contributed by atoms with E-state index in [0.717, 1.165) is 11.3 Å². The molecule has 136 valence electrons. The minimum absolute atomic E-state index is 0.465. The largest absolute Gasteiger partial charge is 0.466 e. The predicted molar refractivity (Wildman–Crippen MR) is 101 cm³/mol. The number of nitrogens with one attached hydrogen (secondary N) is 2. The van der Waals surface area contributed by atoms with Gasteiger partial charge in [0.2, 0.25) is 0 Å². The van der Waals surface area contributed by atoms with Crippen LogP contribution in [0.3, 0.4) is 0 Å². The number of anilines is 2. The first kappa shape index (κ1) is 16.8. The molecule has 0 aliphatic carbocycles. The van der Waals surface area contributed by atoms with Crippen molar-refractivity contribution in [3.8, 4) is 11.4 Å². The average Bonchev–Trinajstić information content (AvgIpc) is 3.18. The van der Waals surface area contributed by atoms with Crippen LogP contribution in [-0.2, 0) is 9.59 Å². The maximum atomic E-state index is 12.8. The molecule has 3 aromatic rings. The molecule has 1 aliphatic heterocycles. The first-order valence-electron chi connectivity index (χ1n) is 8.48. The first-order chi connectivity index (χ1) is 13.0. The number of aromatic nitrogens is 2. The van der Waals surface area contributed by atoms with Crippen LogP contribution in [0.25, 0.3) is 5.69 Å². The van der Waals surface area contributed by atoms with Crippen molar-refractivity contribution in [1.82, 2.24) is 9.78 Å². The number of hydrogen-bond acceptors (Lipinski definition) is 4. The van der Waals surface area contributed by atoms with Gasteiger partial charge < -0.3 is 15.4 Å². The smallest absolute Gasteiger partial charge is 0.278 e. The van der Waals surface area contributed by atoms with Gasteiger partial charge in [-0.25, -0.2) is 4.68 Å². The molecule has 1 aliphatic rings. The van der Waals surface area contributed by atoms with E-state index in [9.17, 15) is 9.59 Å². The number of nitrogens with zero attached hydrogens (tertiary/aromatic N) is 2. The van der Waals surface area contributed by atoms with E-state index in [0.29, 0.717) is 17.1 Å². The molecule has 2 heterocycles. The van der Waals surface area contributed by atoms with Crippen molar-refractivity contribution < 1.29 is 14.3 Å². The standard InChI is InChI=1S/C20H18N4O3/c1-13-4-9-17-16(12-13)23-19(26)20(2,27-17)18(25)22-14-5-7-15(8-6-14)24-11-3-10-21-24/h3-12H,1-2H3,(H,22,25)(H,23,26). The molecule has 2 amide bonds. The zero-order valence-corrected chi connectivity index (χ0v) is 14.9. The fraction of sp³-hybridized carbons (Fsp3) is 0.150. The van der Waals surface area contributed by atoms with Gasteiger partial charge in [-0.3, -0.25) is 9.59 Å². The second kappa shape index (κ2) is 6.28. The Morgan fingerprint density at radius 2 is 2.00 bits per heavy atom. The average molecular weight is 362 g/mol. The molecule has 0 fully saturated rings. The van der Waals surface area contributed by atoms with E-state index in [1.54, 1.807) is 35.1 Å². The fourth-order valence-corrected chi connectivity index (χ4v) is 2.86. The maximum Gasteiger partial charge on any atom is 0.278 e. The molecule has 0 radical (unpaired) electrons. The van der Waals surface area contributed by atoms with Crippen molar-refractivity contribution >= 4 is 23.2 Å². The summed E-state index contributed by atoms with van der Waals surface area (Å²) >= 11 is 0. The SMILES string of the molecule is Cc1ccc2c(c1)NC(=O)C(C)(C(=O)Nc1ccc(-n3cccn3)cc1)O2. The molecule has 0 bridgehead atoms. The van der Waals surface area contributed by atoms with E-state index in [1.165, 1.54) is 6.92 Å². The van der Waals surface area contributed by atoms with E-state index in [-0.39, 0.29) is 0 Å². The molecule has 0 saturated carbocycles. The van der Waals surface area contributed by atoms with Gasteiger partial charge in [0.1, 0.15) is 5.75 Å². The van der Waals surface area contributed by atoms with Crippen molar-refractivity contribution in [1.29, 1.82) is 0 Å². The van der Waals surface area contributed by atoms with Crippen molar-refractivity contribution in [3.05, 3.63) is 66.5 Å². The van der Waals surface area contributed by atoms with Gasteiger partial charge in [-0.1, -0.05) is 6.07 Å². The van der Waals surface area contributed by atoms with Crippen LogP contribution in [0.4, 0.5) is 11.4 Å². The number of fused-ring (bicyclic) bond motifs is 1. The monoisotopic (exact) mass is 362 g/mol. The van der Waals surface area contributed by atoms with E-state index in [4.69, 9.17) is 4.74 Å². The summed E-state index contributed by atoms with van der Waals surface area (Å²) in [7, 11) is 0. The van der Waals surface area contributed by atoms with Crippen molar-refractivity contribution in [3.63, 3.8) is 0 Å². The first-order valence-corrected chi connectivity index (χ1v) is 8.48. The minimum atomic E-state index is -1.66. The van der Waals surface area contributed by atoms with Gasteiger partial charge in [-0.15, -0.1) is 0 Å². The fourth-order valence-electron chi connectivity index (χ4n) is 2.86. The normalized spacial score (nSPS) is 18.2. The van der Waals surface area contributed by atoms with Crippen LogP contribution in [0.1, 0.15) is 12.5 Å². The Kier molecular flexibility index (Phi) is 3.92. The highest BCUT2D eigenvalue weighted by molar-refractivity contribution is 6.19.